The first-order chi connectivity index (χ1) is 9.21. The number of hydrogen-bond acceptors (Lipinski definition) is 3. The van der Waals surface area contributed by atoms with Crippen LogP contribution in [-0.2, 0) is 14.8 Å². The van der Waals surface area contributed by atoms with Crippen molar-refractivity contribution in [2.45, 2.75) is 51.7 Å². The lowest BCUT2D eigenvalue weighted by Crippen LogP contribution is -2.44. The molecule has 0 atom stereocenters. The van der Waals surface area contributed by atoms with Gasteiger partial charge in [0, 0.05) is 25.0 Å². The Balaban J connectivity index is 1.76. The highest BCUT2D eigenvalue weighted by Crippen LogP contribution is 2.33. The fourth-order valence-corrected chi connectivity index (χ4v) is 4.32. The second kappa shape index (κ2) is 5.64. The third kappa shape index (κ3) is 3.73. The molecule has 0 aromatic carbocycles. The molecule has 2 aliphatic rings. The van der Waals surface area contributed by atoms with E-state index in [9.17, 15) is 13.2 Å². The lowest BCUT2D eigenvalue weighted by Gasteiger charge is -2.31. The van der Waals surface area contributed by atoms with Crippen molar-refractivity contribution in [1.29, 1.82) is 0 Å². The predicted molar refractivity (Wildman–Crippen MR) is 78.7 cm³/mol. The zero-order valence-corrected chi connectivity index (χ0v) is 13.5. The first-order valence-electron chi connectivity index (χ1n) is 7.48. The van der Waals surface area contributed by atoms with Crippen LogP contribution in [0.3, 0.4) is 0 Å². The van der Waals surface area contributed by atoms with E-state index in [0.29, 0.717) is 25.6 Å². The normalized spacial score (nSPS) is 22.8. The third-order valence-corrected chi connectivity index (χ3v) is 6.51. The standard InChI is InChI=1S/C14H26N2O3S/c1-14(2,3)13(17)15-10-11-6-8-16(9-7-11)20(18,19)12-4-5-12/h11-12H,4-10H2,1-3H3,(H,15,17). The van der Waals surface area contributed by atoms with Gasteiger partial charge in [-0.2, -0.15) is 0 Å². The molecule has 0 aromatic heterocycles. The summed E-state index contributed by atoms with van der Waals surface area (Å²) in [6.45, 7) is 7.56. The molecule has 0 unspecified atom stereocenters. The quantitative estimate of drug-likeness (QED) is 0.852. The second-order valence-corrected chi connectivity index (χ2v) is 9.26. The van der Waals surface area contributed by atoms with Crippen LogP contribution in [0.4, 0.5) is 0 Å². The molecule has 6 heteroatoms. The van der Waals surface area contributed by atoms with Gasteiger partial charge in [0.2, 0.25) is 15.9 Å². The van der Waals surface area contributed by atoms with Gasteiger partial charge in [0.05, 0.1) is 5.25 Å². The number of nitrogens with zero attached hydrogens (tertiary/aromatic N) is 1. The van der Waals surface area contributed by atoms with E-state index in [4.69, 9.17) is 0 Å². The molecule has 1 heterocycles. The van der Waals surface area contributed by atoms with Gasteiger partial charge in [0.1, 0.15) is 0 Å². The number of amides is 1. The van der Waals surface area contributed by atoms with Gasteiger partial charge in [-0.1, -0.05) is 20.8 Å². The largest absolute Gasteiger partial charge is 0.355 e. The summed E-state index contributed by atoms with van der Waals surface area (Å²) < 4.78 is 25.9. The molecule has 0 bridgehead atoms. The summed E-state index contributed by atoms with van der Waals surface area (Å²) in [4.78, 5) is 11.8. The van der Waals surface area contributed by atoms with Crippen molar-refractivity contribution in [2.75, 3.05) is 19.6 Å². The van der Waals surface area contributed by atoms with Crippen LogP contribution in [-0.4, -0.2) is 43.5 Å². The molecular weight excluding hydrogens is 276 g/mol. The minimum absolute atomic E-state index is 0.0607. The Bertz CT molecular complexity index is 455. The number of rotatable bonds is 4. The molecule has 0 aromatic rings. The van der Waals surface area contributed by atoms with E-state index in [1.165, 1.54) is 0 Å². The molecule has 1 aliphatic carbocycles. The van der Waals surface area contributed by atoms with Crippen molar-refractivity contribution < 1.29 is 13.2 Å². The number of nitrogens with one attached hydrogen (secondary N) is 1. The fourth-order valence-electron chi connectivity index (χ4n) is 2.45. The van der Waals surface area contributed by atoms with Crippen LogP contribution in [0, 0.1) is 11.3 Å². The molecule has 2 rings (SSSR count). The van der Waals surface area contributed by atoms with E-state index >= 15 is 0 Å². The first-order valence-corrected chi connectivity index (χ1v) is 8.99. The second-order valence-electron chi connectivity index (χ2n) is 7.05. The molecule has 20 heavy (non-hydrogen) atoms. The topological polar surface area (TPSA) is 66.5 Å². The smallest absolute Gasteiger partial charge is 0.225 e. The van der Waals surface area contributed by atoms with Crippen LogP contribution in [0.25, 0.3) is 0 Å². The lowest BCUT2D eigenvalue weighted by atomic mass is 9.94. The maximum Gasteiger partial charge on any atom is 0.225 e. The molecule has 5 nitrogen and oxygen atoms in total. The Morgan fingerprint density at radius 1 is 1.15 bits per heavy atom. The lowest BCUT2D eigenvalue weighted by molar-refractivity contribution is -0.128. The summed E-state index contributed by atoms with van der Waals surface area (Å²) >= 11 is 0. The molecule has 1 saturated heterocycles. The highest BCUT2D eigenvalue weighted by atomic mass is 32.2. The summed E-state index contributed by atoms with van der Waals surface area (Å²) in [5.41, 5.74) is -0.365. The third-order valence-electron chi connectivity index (χ3n) is 4.11. The summed E-state index contributed by atoms with van der Waals surface area (Å²) in [5, 5.41) is 2.86. The van der Waals surface area contributed by atoms with Crippen LogP contribution in [0.2, 0.25) is 0 Å². The molecule has 1 N–H and O–H groups in total. The van der Waals surface area contributed by atoms with Crippen molar-refractivity contribution in [3.05, 3.63) is 0 Å². The van der Waals surface area contributed by atoms with E-state index in [1.807, 2.05) is 20.8 Å². The highest BCUT2D eigenvalue weighted by Gasteiger charge is 2.41. The summed E-state index contributed by atoms with van der Waals surface area (Å²) in [5.74, 6) is 0.456. The minimum atomic E-state index is -3.02. The predicted octanol–water partition coefficient (Wildman–Crippen LogP) is 1.35. The van der Waals surface area contributed by atoms with Gasteiger partial charge in [-0.3, -0.25) is 4.79 Å². The Hall–Kier alpha value is -0.620. The van der Waals surface area contributed by atoms with Gasteiger partial charge >= 0.3 is 0 Å². The number of hydrogen-bond donors (Lipinski definition) is 1. The van der Waals surface area contributed by atoms with Gasteiger partial charge in [-0.05, 0) is 31.6 Å². The maximum absolute atomic E-state index is 12.1. The van der Waals surface area contributed by atoms with E-state index in [-0.39, 0.29) is 16.6 Å². The van der Waals surface area contributed by atoms with Gasteiger partial charge in [0.15, 0.2) is 0 Å². The first kappa shape index (κ1) is 15.8. The monoisotopic (exact) mass is 302 g/mol. The molecule has 1 saturated carbocycles. The number of carbonyl (C=O) groups excluding carboxylic acids is 1. The summed E-state index contributed by atoms with van der Waals surface area (Å²) in [6.07, 6.45) is 3.33. The van der Waals surface area contributed by atoms with E-state index < -0.39 is 10.0 Å². The summed E-state index contributed by atoms with van der Waals surface area (Å²) in [7, 11) is -3.02. The van der Waals surface area contributed by atoms with Crippen molar-refractivity contribution >= 4 is 15.9 Å². The molecule has 0 spiro atoms. The van der Waals surface area contributed by atoms with Crippen molar-refractivity contribution in [1.82, 2.24) is 9.62 Å². The average molecular weight is 302 g/mol. The number of piperidine rings is 1. The minimum Gasteiger partial charge on any atom is -0.355 e. The maximum atomic E-state index is 12.1. The van der Waals surface area contributed by atoms with Crippen LogP contribution >= 0.6 is 0 Å². The Kier molecular flexibility index (Phi) is 4.44. The summed E-state index contributed by atoms with van der Waals surface area (Å²) in [6, 6.07) is 0. The van der Waals surface area contributed by atoms with Crippen LogP contribution in [0.15, 0.2) is 0 Å². The molecule has 1 amide bonds. The van der Waals surface area contributed by atoms with Crippen molar-refractivity contribution in [2.24, 2.45) is 11.3 Å². The van der Waals surface area contributed by atoms with Gasteiger partial charge in [-0.15, -0.1) is 0 Å². The SMILES string of the molecule is CC(C)(C)C(=O)NCC1CCN(S(=O)(=O)C2CC2)CC1. The number of sulfonamides is 1. The fraction of sp³-hybridized carbons (Fsp3) is 0.929. The number of carbonyl (C=O) groups is 1. The van der Waals surface area contributed by atoms with Gasteiger partial charge in [-0.25, -0.2) is 12.7 Å². The molecule has 1 aliphatic heterocycles. The van der Waals surface area contributed by atoms with E-state index in [2.05, 4.69) is 5.32 Å². The zero-order valence-electron chi connectivity index (χ0n) is 12.7. The van der Waals surface area contributed by atoms with Gasteiger partial charge < -0.3 is 5.32 Å². The molecule has 2 fully saturated rings. The molecule has 116 valence electrons. The Labute approximate surface area is 122 Å². The van der Waals surface area contributed by atoms with Crippen molar-refractivity contribution in [3.63, 3.8) is 0 Å². The van der Waals surface area contributed by atoms with Crippen LogP contribution in [0.5, 0.6) is 0 Å². The van der Waals surface area contributed by atoms with E-state index in [0.717, 1.165) is 25.7 Å². The average Bonchev–Trinajstić information content (AvgIpc) is 3.19. The highest BCUT2D eigenvalue weighted by molar-refractivity contribution is 7.90. The van der Waals surface area contributed by atoms with Gasteiger partial charge in [0.25, 0.3) is 0 Å². The molecular formula is C14H26N2O3S. The molecule has 0 radical (unpaired) electrons. The zero-order chi connectivity index (χ0) is 15.0. The van der Waals surface area contributed by atoms with Crippen LogP contribution in [0.1, 0.15) is 46.5 Å². The van der Waals surface area contributed by atoms with E-state index in [1.54, 1.807) is 4.31 Å². The Morgan fingerprint density at radius 2 is 1.70 bits per heavy atom. The van der Waals surface area contributed by atoms with Crippen molar-refractivity contribution in [3.8, 4) is 0 Å². The van der Waals surface area contributed by atoms with Crippen LogP contribution < -0.4 is 5.32 Å². The Morgan fingerprint density at radius 3 is 2.15 bits per heavy atom.